The van der Waals surface area contributed by atoms with E-state index >= 15 is 0 Å². The van der Waals surface area contributed by atoms with E-state index in [0.29, 0.717) is 19.3 Å². The SMILES string of the molecule is NC1CC(F)(CCc2ccccc2)C1. The molecule has 0 bridgehead atoms. The molecule has 1 aromatic rings. The summed E-state index contributed by atoms with van der Waals surface area (Å²) in [7, 11) is 0. The maximum absolute atomic E-state index is 13.8. The van der Waals surface area contributed by atoms with Gasteiger partial charge in [0.25, 0.3) is 0 Å². The molecule has 1 saturated carbocycles. The largest absolute Gasteiger partial charge is 0.327 e. The minimum Gasteiger partial charge on any atom is -0.327 e. The summed E-state index contributed by atoms with van der Waals surface area (Å²) in [4.78, 5) is 0. The topological polar surface area (TPSA) is 26.0 Å². The number of halogens is 1. The predicted octanol–water partition coefficient (Wildman–Crippen LogP) is 2.45. The molecule has 0 amide bonds. The van der Waals surface area contributed by atoms with Crippen LogP contribution in [0.5, 0.6) is 0 Å². The molecule has 0 aliphatic heterocycles. The average Bonchev–Trinajstić information content (AvgIpc) is 2.15. The third kappa shape index (κ3) is 2.13. The van der Waals surface area contributed by atoms with Crippen LogP contribution in [0.25, 0.3) is 0 Å². The van der Waals surface area contributed by atoms with Crippen LogP contribution < -0.4 is 5.73 Å². The number of hydrogen-bond acceptors (Lipinski definition) is 1. The molecular formula is C12H16FN. The summed E-state index contributed by atoms with van der Waals surface area (Å²) in [5.41, 5.74) is 5.82. The Morgan fingerprint density at radius 1 is 1.29 bits per heavy atom. The average molecular weight is 193 g/mol. The maximum Gasteiger partial charge on any atom is 0.114 e. The molecule has 1 aliphatic carbocycles. The molecule has 0 radical (unpaired) electrons. The van der Waals surface area contributed by atoms with Gasteiger partial charge >= 0.3 is 0 Å². The fraction of sp³-hybridized carbons (Fsp3) is 0.500. The Morgan fingerprint density at radius 2 is 1.93 bits per heavy atom. The van der Waals surface area contributed by atoms with Crippen LogP contribution in [0.4, 0.5) is 4.39 Å². The second-order valence-electron chi connectivity index (χ2n) is 4.30. The van der Waals surface area contributed by atoms with Gasteiger partial charge in [0, 0.05) is 6.04 Å². The van der Waals surface area contributed by atoms with E-state index in [9.17, 15) is 4.39 Å². The first-order valence-electron chi connectivity index (χ1n) is 5.16. The molecule has 0 aromatic heterocycles. The van der Waals surface area contributed by atoms with Gasteiger partial charge in [-0.1, -0.05) is 30.3 Å². The highest BCUT2D eigenvalue weighted by atomic mass is 19.1. The van der Waals surface area contributed by atoms with Crippen LogP contribution in [0.1, 0.15) is 24.8 Å². The summed E-state index contributed by atoms with van der Waals surface area (Å²) in [5.74, 6) is 0. The molecule has 0 heterocycles. The molecule has 2 N–H and O–H groups in total. The summed E-state index contributed by atoms with van der Waals surface area (Å²) < 4.78 is 13.8. The molecule has 2 rings (SSSR count). The van der Waals surface area contributed by atoms with Crippen molar-refractivity contribution in [3.8, 4) is 0 Å². The second kappa shape index (κ2) is 3.70. The predicted molar refractivity (Wildman–Crippen MR) is 55.8 cm³/mol. The highest BCUT2D eigenvalue weighted by molar-refractivity contribution is 5.15. The highest BCUT2D eigenvalue weighted by Gasteiger charge is 2.42. The second-order valence-corrected chi connectivity index (χ2v) is 4.30. The normalized spacial score (nSPS) is 31.1. The Labute approximate surface area is 84.1 Å². The smallest absolute Gasteiger partial charge is 0.114 e. The van der Waals surface area contributed by atoms with E-state index < -0.39 is 5.67 Å². The van der Waals surface area contributed by atoms with E-state index in [1.807, 2.05) is 30.3 Å². The number of rotatable bonds is 3. The van der Waals surface area contributed by atoms with Gasteiger partial charge in [-0.05, 0) is 31.2 Å². The first kappa shape index (κ1) is 9.66. The molecule has 1 aliphatic rings. The van der Waals surface area contributed by atoms with Crippen LogP contribution in [0.15, 0.2) is 30.3 Å². The Kier molecular flexibility index (Phi) is 2.55. The first-order chi connectivity index (χ1) is 6.68. The van der Waals surface area contributed by atoms with E-state index in [4.69, 9.17) is 5.73 Å². The van der Waals surface area contributed by atoms with Crippen molar-refractivity contribution in [2.24, 2.45) is 5.73 Å². The molecule has 14 heavy (non-hydrogen) atoms. The van der Waals surface area contributed by atoms with Gasteiger partial charge < -0.3 is 5.73 Å². The summed E-state index contributed by atoms with van der Waals surface area (Å²) in [5, 5.41) is 0. The molecule has 1 nitrogen and oxygen atoms in total. The molecule has 1 fully saturated rings. The lowest BCUT2D eigenvalue weighted by molar-refractivity contribution is 0.0354. The van der Waals surface area contributed by atoms with Gasteiger partial charge in [0.1, 0.15) is 5.67 Å². The van der Waals surface area contributed by atoms with Gasteiger partial charge in [0.15, 0.2) is 0 Å². The molecular weight excluding hydrogens is 177 g/mol. The third-order valence-corrected chi connectivity index (χ3v) is 2.96. The Hall–Kier alpha value is -0.890. The van der Waals surface area contributed by atoms with E-state index in [-0.39, 0.29) is 6.04 Å². The van der Waals surface area contributed by atoms with Crippen molar-refractivity contribution in [2.45, 2.75) is 37.4 Å². The molecule has 0 unspecified atom stereocenters. The quantitative estimate of drug-likeness (QED) is 0.784. The van der Waals surface area contributed by atoms with Gasteiger partial charge in [0.2, 0.25) is 0 Å². The summed E-state index contributed by atoms with van der Waals surface area (Å²) >= 11 is 0. The lowest BCUT2D eigenvalue weighted by Crippen LogP contribution is -2.48. The van der Waals surface area contributed by atoms with Crippen LogP contribution in [0.3, 0.4) is 0 Å². The molecule has 0 atom stereocenters. The monoisotopic (exact) mass is 193 g/mol. The maximum atomic E-state index is 13.8. The van der Waals surface area contributed by atoms with E-state index in [1.165, 1.54) is 5.56 Å². The Morgan fingerprint density at radius 3 is 2.50 bits per heavy atom. The van der Waals surface area contributed by atoms with Crippen LogP contribution in [-0.4, -0.2) is 11.7 Å². The van der Waals surface area contributed by atoms with Crippen molar-refractivity contribution >= 4 is 0 Å². The Bertz CT molecular complexity index is 290. The van der Waals surface area contributed by atoms with Crippen molar-refractivity contribution in [2.75, 3.05) is 0 Å². The van der Waals surface area contributed by atoms with Crippen molar-refractivity contribution in [1.29, 1.82) is 0 Å². The van der Waals surface area contributed by atoms with Crippen LogP contribution >= 0.6 is 0 Å². The van der Waals surface area contributed by atoms with Crippen molar-refractivity contribution in [1.82, 2.24) is 0 Å². The molecule has 2 heteroatoms. The van der Waals surface area contributed by atoms with Gasteiger partial charge in [-0.2, -0.15) is 0 Å². The van der Waals surface area contributed by atoms with Crippen LogP contribution in [-0.2, 0) is 6.42 Å². The standard InChI is InChI=1S/C12H16FN/c13-12(8-11(14)9-12)7-6-10-4-2-1-3-5-10/h1-5,11H,6-9,14H2. The summed E-state index contributed by atoms with van der Waals surface area (Å²) in [6, 6.07) is 10.1. The number of aryl methyl sites for hydroxylation is 1. The van der Waals surface area contributed by atoms with E-state index in [2.05, 4.69) is 0 Å². The molecule has 1 aromatic carbocycles. The molecule has 76 valence electrons. The Balaban J connectivity index is 1.83. The highest BCUT2D eigenvalue weighted by Crippen LogP contribution is 2.38. The van der Waals surface area contributed by atoms with E-state index in [1.54, 1.807) is 0 Å². The van der Waals surface area contributed by atoms with Crippen molar-refractivity contribution < 1.29 is 4.39 Å². The van der Waals surface area contributed by atoms with Gasteiger partial charge in [0.05, 0.1) is 0 Å². The van der Waals surface area contributed by atoms with Crippen molar-refractivity contribution in [3.05, 3.63) is 35.9 Å². The zero-order valence-electron chi connectivity index (χ0n) is 8.25. The summed E-state index contributed by atoms with van der Waals surface area (Å²) in [6.07, 6.45) is 2.52. The zero-order chi connectivity index (χ0) is 10.0. The number of alkyl halides is 1. The fourth-order valence-corrected chi connectivity index (χ4v) is 2.10. The van der Waals surface area contributed by atoms with Gasteiger partial charge in [-0.3, -0.25) is 0 Å². The van der Waals surface area contributed by atoms with Gasteiger partial charge in [-0.15, -0.1) is 0 Å². The minimum atomic E-state index is -0.977. The minimum absolute atomic E-state index is 0.0933. The number of benzene rings is 1. The zero-order valence-corrected chi connectivity index (χ0v) is 8.25. The number of nitrogens with two attached hydrogens (primary N) is 1. The summed E-state index contributed by atoms with van der Waals surface area (Å²) in [6.45, 7) is 0. The lowest BCUT2D eigenvalue weighted by atomic mass is 9.74. The van der Waals surface area contributed by atoms with E-state index in [0.717, 1.165) is 6.42 Å². The van der Waals surface area contributed by atoms with Crippen LogP contribution in [0, 0.1) is 0 Å². The van der Waals surface area contributed by atoms with Gasteiger partial charge in [-0.25, -0.2) is 4.39 Å². The molecule has 0 saturated heterocycles. The third-order valence-electron chi connectivity index (χ3n) is 2.96. The first-order valence-corrected chi connectivity index (χ1v) is 5.16. The fourth-order valence-electron chi connectivity index (χ4n) is 2.10. The lowest BCUT2D eigenvalue weighted by Gasteiger charge is -2.39. The van der Waals surface area contributed by atoms with Crippen LogP contribution in [0.2, 0.25) is 0 Å². The molecule has 0 spiro atoms. The van der Waals surface area contributed by atoms with Crippen molar-refractivity contribution in [3.63, 3.8) is 0 Å². The number of hydrogen-bond donors (Lipinski definition) is 1.